The molecule has 0 radical (unpaired) electrons. The van der Waals surface area contributed by atoms with Crippen LogP contribution in [0.2, 0.25) is 0 Å². The van der Waals surface area contributed by atoms with Crippen molar-refractivity contribution in [1.82, 2.24) is 9.88 Å². The van der Waals surface area contributed by atoms with Gasteiger partial charge in [0.25, 0.3) is 0 Å². The molecule has 1 aromatic rings. The Morgan fingerprint density at radius 1 is 1.50 bits per heavy atom. The second-order valence-corrected chi connectivity index (χ2v) is 5.29. The van der Waals surface area contributed by atoms with Crippen LogP contribution in [0, 0.1) is 11.3 Å². The van der Waals surface area contributed by atoms with Crippen molar-refractivity contribution in [2.45, 2.75) is 38.3 Å². The minimum Gasteiger partial charge on any atom is -0.390 e. The molecule has 1 aliphatic heterocycles. The highest BCUT2D eigenvalue weighted by atomic mass is 16.3. The van der Waals surface area contributed by atoms with Gasteiger partial charge in [-0.1, -0.05) is 0 Å². The molecule has 1 aromatic heterocycles. The average molecular weight is 245 g/mol. The Morgan fingerprint density at radius 2 is 2.33 bits per heavy atom. The molecule has 0 aromatic carbocycles. The predicted octanol–water partition coefficient (Wildman–Crippen LogP) is 1.69. The summed E-state index contributed by atoms with van der Waals surface area (Å²) < 4.78 is 0. The third kappa shape index (κ3) is 3.52. The van der Waals surface area contributed by atoms with Crippen LogP contribution in [-0.4, -0.2) is 33.7 Å². The standard InChI is InChI=1S/C14H19N3O/c1-14(18)4-2-7-17(8-5-14)11-12-3-6-16-13(9-12)10-15/h3,6,9,18H,2,4-5,7-8,11H2,1H3. The second kappa shape index (κ2) is 5.47. The lowest BCUT2D eigenvalue weighted by Gasteiger charge is -2.22. The van der Waals surface area contributed by atoms with Crippen LogP contribution in [0.15, 0.2) is 18.3 Å². The van der Waals surface area contributed by atoms with Gasteiger partial charge in [-0.3, -0.25) is 4.90 Å². The number of likely N-dealkylation sites (tertiary alicyclic amines) is 1. The van der Waals surface area contributed by atoms with Gasteiger partial charge in [0, 0.05) is 19.3 Å². The van der Waals surface area contributed by atoms with Crippen molar-refractivity contribution < 1.29 is 5.11 Å². The van der Waals surface area contributed by atoms with Crippen molar-refractivity contribution in [1.29, 1.82) is 5.26 Å². The lowest BCUT2D eigenvalue weighted by Crippen LogP contribution is -2.28. The van der Waals surface area contributed by atoms with Gasteiger partial charge in [0.15, 0.2) is 0 Å². The Hall–Kier alpha value is -1.44. The highest BCUT2D eigenvalue weighted by Gasteiger charge is 2.24. The average Bonchev–Trinajstić information content (AvgIpc) is 2.51. The molecule has 1 fully saturated rings. The van der Waals surface area contributed by atoms with Gasteiger partial charge < -0.3 is 5.11 Å². The summed E-state index contributed by atoms with van der Waals surface area (Å²) in [7, 11) is 0. The van der Waals surface area contributed by atoms with Gasteiger partial charge in [-0.05, 0) is 50.4 Å². The van der Waals surface area contributed by atoms with E-state index < -0.39 is 5.60 Å². The van der Waals surface area contributed by atoms with E-state index in [1.807, 2.05) is 19.1 Å². The molecular weight excluding hydrogens is 226 g/mol. The fourth-order valence-corrected chi connectivity index (χ4v) is 2.37. The maximum absolute atomic E-state index is 10.0. The molecule has 0 aliphatic carbocycles. The first-order valence-electron chi connectivity index (χ1n) is 6.39. The van der Waals surface area contributed by atoms with Gasteiger partial charge in [-0.25, -0.2) is 4.98 Å². The van der Waals surface area contributed by atoms with Gasteiger partial charge in [0.05, 0.1) is 5.60 Å². The summed E-state index contributed by atoms with van der Waals surface area (Å²) in [6, 6.07) is 5.85. The number of hydrogen-bond acceptors (Lipinski definition) is 4. The first-order valence-corrected chi connectivity index (χ1v) is 6.39. The summed E-state index contributed by atoms with van der Waals surface area (Å²) in [5.74, 6) is 0. The number of hydrogen-bond donors (Lipinski definition) is 1. The first kappa shape index (κ1) is 13.0. The predicted molar refractivity (Wildman–Crippen MR) is 68.7 cm³/mol. The van der Waals surface area contributed by atoms with Gasteiger partial charge in [-0.2, -0.15) is 5.26 Å². The van der Waals surface area contributed by atoms with E-state index in [1.165, 1.54) is 0 Å². The molecule has 18 heavy (non-hydrogen) atoms. The maximum Gasteiger partial charge on any atom is 0.140 e. The lowest BCUT2D eigenvalue weighted by atomic mass is 9.98. The first-order chi connectivity index (χ1) is 8.59. The van der Waals surface area contributed by atoms with Crippen LogP contribution in [0.1, 0.15) is 37.4 Å². The van der Waals surface area contributed by atoms with Crippen LogP contribution in [0.25, 0.3) is 0 Å². The zero-order valence-electron chi connectivity index (χ0n) is 10.8. The van der Waals surface area contributed by atoms with E-state index in [1.54, 1.807) is 6.20 Å². The van der Waals surface area contributed by atoms with E-state index in [0.717, 1.165) is 44.5 Å². The molecule has 1 N–H and O–H groups in total. The molecule has 1 aliphatic rings. The van der Waals surface area contributed by atoms with Gasteiger partial charge in [0.1, 0.15) is 11.8 Å². The van der Waals surface area contributed by atoms with Crippen LogP contribution in [0.5, 0.6) is 0 Å². The van der Waals surface area contributed by atoms with E-state index in [-0.39, 0.29) is 0 Å². The summed E-state index contributed by atoms with van der Waals surface area (Å²) in [5.41, 5.74) is 1.06. The molecule has 1 atom stereocenters. The summed E-state index contributed by atoms with van der Waals surface area (Å²) in [4.78, 5) is 6.30. The SMILES string of the molecule is CC1(O)CCCN(Cc2ccnc(C#N)c2)CC1. The molecule has 2 rings (SSSR count). The highest BCUT2D eigenvalue weighted by Crippen LogP contribution is 2.22. The third-order valence-electron chi connectivity index (χ3n) is 3.50. The number of nitrogens with zero attached hydrogens (tertiary/aromatic N) is 3. The molecule has 2 heterocycles. The Labute approximate surface area is 108 Å². The fourth-order valence-electron chi connectivity index (χ4n) is 2.37. The smallest absolute Gasteiger partial charge is 0.140 e. The van der Waals surface area contributed by atoms with Crippen molar-refractivity contribution in [3.05, 3.63) is 29.6 Å². The monoisotopic (exact) mass is 245 g/mol. The second-order valence-electron chi connectivity index (χ2n) is 5.29. The zero-order valence-corrected chi connectivity index (χ0v) is 10.8. The van der Waals surface area contributed by atoms with Crippen molar-refractivity contribution in [3.8, 4) is 6.07 Å². The minimum absolute atomic E-state index is 0.467. The number of aromatic nitrogens is 1. The van der Waals surface area contributed by atoms with Crippen LogP contribution in [-0.2, 0) is 6.54 Å². The Balaban J connectivity index is 1.99. The van der Waals surface area contributed by atoms with E-state index in [9.17, 15) is 5.11 Å². The van der Waals surface area contributed by atoms with Crippen LogP contribution in [0.4, 0.5) is 0 Å². The van der Waals surface area contributed by atoms with Gasteiger partial charge >= 0.3 is 0 Å². The number of rotatable bonds is 2. The van der Waals surface area contributed by atoms with E-state index in [0.29, 0.717) is 5.69 Å². The zero-order chi connectivity index (χ0) is 13.0. The molecule has 1 saturated heterocycles. The largest absolute Gasteiger partial charge is 0.390 e. The van der Waals surface area contributed by atoms with Crippen molar-refractivity contribution >= 4 is 0 Å². The van der Waals surface area contributed by atoms with Gasteiger partial charge in [-0.15, -0.1) is 0 Å². The summed E-state index contributed by atoms with van der Waals surface area (Å²) in [6.07, 6.45) is 4.37. The third-order valence-corrected chi connectivity index (χ3v) is 3.50. The van der Waals surface area contributed by atoms with Gasteiger partial charge in [0.2, 0.25) is 0 Å². The Morgan fingerprint density at radius 3 is 3.11 bits per heavy atom. The number of pyridine rings is 1. The van der Waals surface area contributed by atoms with Crippen LogP contribution >= 0.6 is 0 Å². The quantitative estimate of drug-likeness (QED) is 0.861. The molecule has 0 amide bonds. The summed E-state index contributed by atoms with van der Waals surface area (Å²) in [5, 5.41) is 18.9. The number of nitriles is 1. The molecule has 4 nitrogen and oxygen atoms in total. The van der Waals surface area contributed by atoms with Crippen molar-refractivity contribution in [2.24, 2.45) is 0 Å². The molecule has 1 unspecified atom stereocenters. The van der Waals surface area contributed by atoms with Crippen molar-refractivity contribution in [3.63, 3.8) is 0 Å². The summed E-state index contributed by atoms with van der Waals surface area (Å²) in [6.45, 7) is 4.64. The minimum atomic E-state index is -0.523. The highest BCUT2D eigenvalue weighted by molar-refractivity contribution is 5.25. The van der Waals surface area contributed by atoms with Crippen molar-refractivity contribution in [2.75, 3.05) is 13.1 Å². The van der Waals surface area contributed by atoms with Crippen LogP contribution in [0.3, 0.4) is 0 Å². The van der Waals surface area contributed by atoms with E-state index in [2.05, 4.69) is 16.0 Å². The molecule has 0 bridgehead atoms. The summed E-state index contributed by atoms with van der Waals surface area (Å²) >= 11 is 0. The van der Waals surface area contributed by atoms with Crippen LogP contribution < -0.4 is 0 Å². The Bertz CT molecular complexity index is 451. The van der Waals surface area contributed by atoms with E-state index >= 15 is 0 Å². The Kier molecular flexibility index (Phi) is 3.95. The maximum atomic E-state index is 10.0. The molecule has 96 valence electrons. The fraction of sp³-hybridized carbons (Fsp3) is 0.571. The molecule has 4 heteroatoms. The lowest BCUT2D eigenvalue weighted by molar-refractivity contribution is 0.0444. The normalized spacial score (nSPS) is 25.4. The van der Waals surface area contributed by atoms with E-state index in [4.69, 9.17) is 5.26 Å². The molecular formula is C14H19N3O. The molecule has 0 spiro atoms. The molecule has 0 saturated carbocycles. The number of aliphatic hydroxyl groups is 1. The topological polar surface area (TPSA) is 60.1 Å².